The minimum atomic E-state index is 0.232. The summed E-state index contributed by atoms with van der Waals surface area (Å²) in [7, 11) is 0. The predicted octanol–water partition coefficient (Wildman–Crippen LogP) is 2.25. The Hall–Kier alpha value is -2.12. The molecule has 2 aromatic rings. The van der Waals surface area contributed by atoms with E-state index in [0.29, 0.717) is 11.3 Å². The van der Waals surface area contributed by atoms with Gasteiger partial charge in [0.1, 0.15) is 11.5 Å². The molecular weight excluding hydrogens is 224 g/mol. The van der Waals surface area contributed by atoms with Crippen molar-refractivity contribution in [3.05, 3.63) is 41.2 Å². The van der Waals surface area contributed by atoms with E-state index >= 15 is 0 Å². The molecule has 0 unspecified atom stereocenters. The number of halogens is 1. The number of nitrogens with zero attached hydrogens (tertiary/aromatic N) is 3. The molecule has 0 spiro atoms. The molecule has 0 radical (unpaired) electrons. The molecule has 4 nitrogen and oxygen atoms in total. The van der Waals surface area contributed by atoms with Crippen LogP contribution in [0, 0.1) is 11.3 Å². The first-order valence-corrected chi connectivity index (χ1v) is 4.87. The van der Waals surface area contributed by atoms with E-state index in [9.17, 15) is 0 Å². The Balaban J connectivity index is 2.55. The van der Waals surface area contributed by atoms with E-state index in [1.54, 1.807) is 18.2 Å². The fraction of sp³-hybridized carbons (Fsp3) is 0. The predicted molar refractivity (Wildman–Crippen MR) is 61.6 cm³/mol. The smallest absolute Gasteiger partial charge is 0.157 e. The minimum absolute atomic E-state index is 0.232. The molecule has 0 bridgehead atoms. The third kappa shape index (κ3) is 1.95. The number of nitrogens with two attached hydrogens (primary N) is 1. The maximum atomic E-state index is 8.78. The largest absolute Gasteiger partial charge is 0.382 e. The van der Waals surface area contributed by atoms with E-state index in [2.05, 4.69) is 16.0 Å². The van der Waals surface area contributed by atoms with E-state index in [4.69, 9.17) is 22.6 Å². The van der Waals surface area contributed by atoms with E-state index in [-0.39, 0.29) is 11.0 Å². The summed E-state index contributed by atoms with van der Waals surface area (Å²) >= 11 is 5.92. The van der Waals surface area contributed by atoms with Crippen molar-refractivity contribution in [1.29, 1.82) is 5.26 Å². The van der Waals surface area contributed by atoms with Gasteiger partial charge in [-0.2, -0.15) is 5.26 Å². The molecule has 2 rings (SSSR count). The molecule has 0 saturated carbocycles. The molecule has 1 heterocycles. The zero-order valence-electron chi connectivity index (χ0n) is 8.18. The molecule has 5 heteroatoms. The van der Waals surface area contributed by atoms with Gasteiger partial charge in [0.15, 0.2) is 5.15 Å². The highest BCUT2D eigenvalue weighted by molar-refractivity contribution is 6.31. The Morgan fingerprint density at radius 1 is 1.38 bits per heavy atom. The van der Waals surface area contributed by atoms with Crippen molar-refractivity contribution in [2.45, 2.75) is 0 Å². The summed E-state index contributed by atoms with van der Waals surface area (Å²) in [6, 6.07) is 9.04. The molecule has 0 aliphatic rings. The lowest BCUT2D eigenvalue weighted by molar-refractivity contribution is 1.21. The quantitative estimate of drug-likeness (QED) is 0.815. The van der Waals surface area contributed by atoms with Gasteiger partial charge in [0.2, 0.25) is 0 Å². The van der Waals surface area contributed by atoms with Gasteiger partial charge in [-0.3, -0.25) is 0 Å². The summed E-state index contributed by atoms with van der Waals surface area (Å²) in [5.74, 6) is 0.269. The standard InChI is InChI=1S/C11H7ClN4/c12-11-10(15-6-9(14)16-11)8-3-1-2-7(4-8)5-13/h1-4,6H,(H2,14,16). The summed E-state index contributed by atoms with van der Waals surface area (Å²) in [5, 5.41) is 9.01. The summed E-state index contributed by atoms with van der Waals surface area (Å²) in [6.07, 6.45) is 1.43. The van der Waals surface area contributed by atoms with Gasteiger partial charge < -0.3 is 5.73 Å². The zero-order chi connectivity index (χ0) is 11.5. The molecule has 1 aromatic heterocycles. The van der Waals surface area contributed by atoms with Gasteiger partial charge in [-0.1, -0.05) is 23.7 Å². The minimum Gasteiger partial charge on any atom is -0.382 e. The highest BCUT2D eigenvalue weighted by Gasteiger charge is 2.07. The monoisotopic (exact) mass is 230 g/mol. The van der Waals surface area contributed by atoms with Crippen LogP contribution in [0.15, 0.2) is 30.5 Å². The van der Waals surface area contributed by atoms with E-state index in [1.807, 2.05) is 6.07 Å². The normalized spacial score (nSPS) is 9.75. The van der Waals surface area contributed by atoms with Gasteiger partial charge in [0.05, 0.1) is 17.8 Å². The lowest BCUT2D eigenvalue weighted by Gasteiger charge is -2.03. The Morgan fingerprint density at radius 3 is 2.88 bits per heavy atom. The second kappa shape index (κ2) is 4.17. The van der Waals surface area contributed by atoms with Crippen LogP contribution >= 0.6 is 11.6 Å². The van der Waals surface area contributed by atoms with Crippen LogP contribution < -0.4 is 5.73 Å². The fourth-order valence-corrected chi connectivity index (χ4v) is 1.56. The van der Waals surface area contributed by atoms with Crippen molar-refractivity contribution in [3.8, 4) is 17.3 Å². The van der Waals surface area contributed by atoms with Gasteiger partial charge in [-0.15, -0.1) is 0 Å². The first-order valence-electron chi connectivity index (χ1n) is 4.49. The Kier molecular flexibility index (Phi) is 2.71. The molecule has 0 fully saturated rings. The number of nitrogen functional groups attached to an aromatic ring is 1. The second-order valence-electron chi connectivity index (χ2n) is 3.13. The van der Waals surface area contributed by atoms with E-state index < -0.39 is 0 Å². The lowest BCUT2D eigenvalue weighted by Crippen LogP contribution is -1.95. The molecule has 0 aliphatic heterocycles. The van der Waals surface area contributed by atoms with Crippen LogP contribution in [0.5, 0.6) is 0 Å². The first kappa shape index (κ1) is 10.4. The van der Waals surface area contributed by atoms with Gasteiger partial charge >= 0.3 is 0 Å². The Morgan fingerprint density at radius 2 is 2.19 bits per heavy atom. The number of anilines is 1. The number of nitriles is 1. The summed E-state index contributed by atoms with van der Waals surface area (Å²) < 4.78 is 0. The van der Waals surface area contributed by atoms with Crippen molar-refractivity contribution in [2.75, 3.05) is 5.73 Å². The molecule has 0 aliphatic carbocycles. The average molecular weight is 231 g/mol. The molecule has 2 N–H and O–H groups in total. The average Bonchev–Trinajstić information content (AvgIpc) is 2.29. The molecule has 78 valence electrons. The zero-order valence-corrected chi connectivity index (χ0v) is 8.94. The van der Waals surface area contributed by atoms with Crippen LogP contribution in [0.25, 0.3) is 11.3 Å². The summed E-state index contributed by atoms with van der Waals surface area (Å²) in [6.45, 7) is 0. The van der Waals surface area contributed by atoms with Crippen LogP contribution in [-0.2, 0) is 0 Å². The van der Waals surface area contributed by atoms with Crippen molar-refractivity contribution in [1.82, 2.24) is 9.97 Å². The number of hydrogen-bond acceptors (Lipinski definition) is 4. The number of rotatable bonds is 1. The molecule has 0 atom stereocenters. The summed E-state index contributed by atoms with van der Waals surface area (Å²) in [5.41, 5.74) is 7.27. The lowest BCUT2D eigenvalue weighted by atomic mass is 10.1. The molecular formula is C11H7ClN4. The molecule has 0 amide bonds. The SMILES string of the molecule is N#Cc1cccc(-c2ncc(N)nc2Cl)c1. The molecule has 0 saturated heterocycles. The van der Waals surface area contributed by atoms with E-state index in [1.165, 1.54) is 6.20 Å². The topological polar surface area (TPSA) is 75.6 Å². The van der Waals surface area contributed by atoms with Gasteiger partial charge in [0.25, 0.3) is 0 Å². The van der Waals surface area contributed by atoms with Crippen LogP contribution in [-0.4, -0.2) is 9.97 Å². The molecule has 16 heavy (non-hydrogen) atoms. The Labute approximate surface area is 97.3 Å². The number of aromatic nitrogens is 2. The fourth-order valence-electron chi connectivity index (χ4n) is 1.31. The van der Waals surface area contributed by atoms with Gasteiger partial charge in [0, 0.05) is 5.56 Å². The molecule has 1 aromatic carbocycles. The Bertz CT molecular complexity index is 574. The van der Waals surface area contributed by atoms with Crippen LogP contribution in [0.1, 0.15) is 5.56 Å². The van der Waals surface area contributed by atoms with Crippen LogP contribution in [0.3, 0.4) is 0 Å². The third-order valence-electron chi connectivity index (χ3n) is 2.01. The first-order chi connectivity index (χ1) is 7.70. The highest BCUT2D eigenvalue weighted by atomic mass is 35.5. The van der Waals surface area contributed by atoms with E-state index in [0.717, 1.165) is 5.56 Å². The van der Waals surface area contributed by atoms with Crippen molar-refractivity contribution < 1.29 is 0 Å². The summed E-state index contributed by atoms with van der Waals surface area (Å²) in [4.78, 5) is 8.00. The second-order valence-corrected chi connectivity index (χ2v) is 3.48. The van der Waals surface area contributed by atoms with Gasteiger partial charge in [-0.05, 0) is 12.1 Å². The van der Waals surface area contributed by atoms with Crippen molar-refractivity contribution in [3.63, 3.8) is 0 Å². The maximum absolute atomic E-state index is 8.78. The van der Waals surface area contributed by atoms with Crippen LogP contribution in [0.4, 0.5) is 5.82 Å². The number of hydrogen-bond donors (Lipinski definition) is 1. The van der Waals surface area contributed by atoms with Gasteiger partial charge in [-0.25, -0.2) is 9.97 Å². The third-order valence-corrected chi connectivity index (χ3v) is 2.28. The highest BCUT2D eigenvalue weighted by Crippen LogP contribution is 2.24. The van der Waals surface area contributed by atoms with Crippen LogP contribution in [0.2, 0.25) is 5.15 Å². The van der Waals surface area contributed by atoms with Crippen molar-refractivity contribution >= 4 is 17.4 Å². The maximum Gasteiger partial charge on any atom is 0.157 e. The van der Waals surface area contributed by atoms with Crippen molar-refractivity contribution in [2.24, 2.45) is 0 Å². The number of benzene rings is 1.